The molecule has 0 fully saturated rings. The molecule has 5 N–H and O–H groups in total. The molecule has 0 aliphatic carbocycles. The average Bonchev–Trinajstić information content (AvgIpc) is 3.28. The van der Waals surface area contributed by atoms with Gasteiger partial charge in [0.05, 0.1) is 32.0 Å². The molecule has 3 heterocycles. The molecule has 1 aromatic heterocycles. The Kier molecular flexibility index (Phi) is 5.10. The molecule has 0 saturated heterocycles. The van der Waals surface area contributed by atoms with E-state index in [-0.39, 0.29) is 6.04 Å². The number of nitrogens with zero attached hydrogens (tertiary/aromatic N) is 4. The van der Waals surface area contributed by atoms with Gasteiger partial charge in [0.25, 0.3) is 0 Å². The van der Waals surface area contributed by atoms with Gasteiger partial charge < -0.3 is 30.7 Å². The van der Waals surface area contributed by atoms with Crippen LogP contribution in [0.25, 0.3) is 0 Å². The summed E-state index contributed by atoms with van der Waals surface area (Å²) in [5.74, 6) is 2.65. The third kappa shape index (κ3) is 3.40. The van der Waals surface area contributed by atoms with Crippen LogP contribution < -0.4 is 25.8 Å². The minimum atomic E-state index is -0.412. The average molecular weight is 434 g/mol. The molecule has 0 spiro atoms. The van der Waals surface area contributed by atoms with Crippen molar-refractivity contribution in [2.24, 2.45) is 16.5 Å². The summed E-state index contributed by atoms with van der Waals surface area (Å²) in [4.78, 5) is 8.84. The van der Waals surface area contributed by atoms with E-state index in [0.717, 1.165) is 35.6 Å². The smallest absolute Gasteiger partial charge is 0.199 e. The fourth-order valence-corrected chi connectivity index (χ4v) is 4.68. The van der Waals surface area contributed by atoms with Crippen LogP contribution in [0.1, 0.15) is 22.9 Å². The lowest BCUT2D eigenvalue weighted by Crippen LogP contribution is -2.56. The summed E-state index contributed by atoms with van der Waals surface area (Å²) >= 11 is 0. The number of aromatic amines is 1. The first-order valence-electron chi connectivity index (χ1n) is 10.5. The van der Waals surface area contributed by atoms with Gasteiger partial charge in [0, 0.05) is 24.3 Å². The fraction of sp³-hybridized carbons (Fsp3) is 0.304. The van der Waals surface area contributed by atoms with Crippen LogP contribution in [0.5, 0.6) is 11.5 Å². The van der Waals surface area contributed by atoms with Gasteiger partial charge >= 0.3 is 0 Å². The van der Waals surface area contributed by atoms with Gasteiger partial charge in [-0.2, -0.15) is 10.1 Å². The van der Waals surface area contributed by atoms with Crippen molar-refractivity contribution in [3.8, 4) is 11.5 Å². The van der Waals surface area contributed by atoms with E-state index in [1.807, 2.05) is 23.1 Å². The quantitative estimate of drug-likeness (QED) is 0.565. The Balaban J connectivity index is 1.49. The molecule has 9 nitrogen and oxygen atoms in total. The molecule has 3 aromatic rings. The summed E-state index contributed by atoms with van der Waals surface area (Å²) in [5.41, 5.74) is 17.3. The van der Waals surface area contributed by atoms with E-state index in [9.17, 15) is 0 Å². The molecule has 166 valence electrons. The Labute approximate surface area is 186 Å². The number of nitrogens with two attached hydrogens (primary N) is 2. The second-order valence-corrected chi connectivity index (χ2v) is 8.04. The number of methoxy groups -OCH3 is 2. The number of aromatic nitrogens is 2. The Bertz CT molecular complexity index is 1160. The molecule has 0 saturated carbocycles. The minimum Gasteiger partial charge on any atom is -0.497 e. The number of para-hydroxylation sites is 1. The Hall–Kier alpha value is -3.72. The van der Waals surface area contributed by atoms with Gasteiger partial charge in [-0.15, -0.1) is 0 Å². The van der Waals surface area contributed by atoms with Crippen molar-refractivity contribution in [3.05, 3.63) is 65.4 Å². The summed E-state index contributed by atoms with van der Waals surface area (Å²) in [6, 6.07) is 14.3. The molecule has 2 unspecified atom stereocenters. The maximum atomic E-state index is 6.61. The van der Waals surface area contributed by atoms with Crippen LogP contribution in [0.4, 0.5) is 11.5 Å². The van der Waals surface area contributed by atoms with Crippen LogP contribution in [0.15, 0.2) is 53.7 Å². The number of rotatable bonds is 5. The molecule has 0 bridgehead atoms. The molecule has 0 amide bonds. The predicted molar refractivity (Wildman–Crippen MR) is 123 cm³/mol. The van der Waals surface area contributed by atoms with E-state index < -0.39 is 6.17 Å². The summed E-state index contributed by atoms with van der Waals surface area (Å²) < 4.78 is 11.1. The van der Waals surface area contributed by atoms with Crippen LogP contribution in [0, 0.1) is 0 Å². The van der Waals surface area contributed by atoms with Crippen molar-refractivity contribution in [3.63, 3.8) is 0 Å². The van der Waals surface area contributed by atoms with Crippen LogP contribution in [0.3, 0.4) is 0 Å². The molecule has 2 aromatic carbocycles. The largest absolute Gasteiger partial charge is 0.497 e. The fourth-order valence-electron chi connectivity index (χ4n) is 4.68. The first-order chi connectivity index (χ1) is 15.6. The zero-order valence-electron chi connectivity index (χ0n) is 18.2. The van der Waals surface area contributed by atoms with Crippen molar-refractivity contribution >= 4 is 17.5 Å². The molecule has 32 heavy (non-hydrogen) atoms. The van der Waals surface area contributed by atoms with Crippen molar-refractivity contribution < 1.29 is 9.47 Å². The highest BCUT2D eigenvalue weighted by Gasteiger charge is 2.36. The lowest BCUT2D eigenvalue weighted by atomic mass is 9.95. The minimum absolute atomic E-state index is 0.0447. The lowest BCUT2D eigenvalue weighted by Gasteiger charge is -2.44. The number of benzene rings is 2. The Morgan fingerprint density at radius 1 is 1.16 bits per heavy atom. The second-order valence-electron chi connectivity index (χ2n) is 8.04. The highest BCUT2D eigenvalue weighted by molar-refractivity contribution is 5.84. The summed E-state index contributed by atoms with van der Waals surface area (Å²) in [6.45, 7) is 1.39. The highest BCUT2D eigenvalue weighted by atomic mass is 16.5. The first kappa shape index (κ1) is 20.2. The van der Waals surface area contributed by atoms with E-state index >= 15 is 0 Å². The van der Waals surface area contributed by atoms with Gasteiger partial charge in [0.1, 0.15) is 17.7 Å². The number of fused-ring (bicyclic) bond motifs is 2. The van der Waals surface area contributed by atoms with Crippen LogP contribution in [0.2, 0.25) is 0 Å². The molecule has 9 heteroatoms. The maximum absolute atomic E-state index is 6.61. The predicted octanol–water partition coefficient (Wildman–Crippen LogP) is 2.28. The molecule has 0 radical (unpaired) electrons. The number of H-pyrrole nitrogens is 1. The summed E-state index contributed by atoms with van der Waals surface area (Å²) in [5, 5.41) is 6.94. The normalized spacial score (nSPS) is 19.8. The zero-order chi connectivity index (χ0) is 22.2. The number of aliphatic imine (C=N–C) groups is 1. The Morgan fingerprint density at radius 2 is 2.00 bits per heavy atom. The van der Waals surface area contributed by atoms with Crippen molar-refractivity contribution in [1.29, 1.82) is 0 Å². The van der Waals surface area contributed by atoms with E-state index in [4.69, 9.17) is 20.9 Å². The van der Waals surface area contributed by atoms with Crippen molar-refractivity contribution in [2.75, 3.05) is 25.7 Å². The zero-order valence-corrected chi connectivity index (χ0v) is 18.2. The van der Waals surface area contributed by atoms with Gasteiger partial charge in [0.15, 0.2) is 11.8 Å². The number of nitrogens with one attached hydrogen (secondary N) is 1. The highest BCUT2D eigenvalue weighted by Crippen LogP contribution is 2.36. The second kappa shape index (κ2) is 8.08. The van der Waals surface area contributed by atoms with Gasteiger partial charge in [0.2, 0.25) is 0 Å². The molecular formula is C23H27N7O2. The van der Waals surface area contributed by atoms with Crippen molar-refractivity contribution in [2.45, 2.75) is 25.2 Å². The van der Waals surface area contributed by atoms with E-state index in [0.29, 0.717) is 18.3 Å². The molecule has 2 aliphatic rings. The molecular weight excluding hydrogens is 406 g/mol. The third-order valence-corrected chi connectivity index (χ3v) is 6.22. The third-order valence-electron chi connectivity index (χ3n) is 6.22. The van der Waals surface area contributed by atoms with E-state index in [1.165, 1.54) is 11.3 Å². The molecule has 2 atom stereocenters. The topological polar surface area (TPSA) is 118 Å². The monoisotopic (exact) mass is 433 g/mol. The van der Waals surface area contributed by atoms with Crippen molar-refractivity contribution in [1.82, 2.24) is 15.1 Å². The molecule has 5 rings (SSSR count). The van der Waals surface area contributed by atoms with E-state index in [1.54, 1.807) is 20.4 Å². The van der Waals surface area contributed by atoms with E-state index in [2.05, 4.69) is 44.4 Å². The number of hydrogen-bond acceptors (Lipinski definition) is 8. The van der Waals surface area contributed by atoms with Crippen LogP contribution in [-0.2, 0) is 13.0 Å². The number of ether oxygens (including phenoxy) is 2. The SMILES string of the molecule is COc1ccc(OC)c(CN2CC(N3C(N)=Nc4[nH]ncc4C3N)Cc3ccccc32)c1. The van der Waals surface area contributed by atoms with Gasteiger partial charge in [-0.05, 0) is 36.2 Å². The number of hydrogen-bond donors (Lipinski definition) is 3. The van der Waals surface area contributed by atoms with Gasteiger partial charge in [-0.3, -0.25) is 5.10 Å². The maximum Gasteiger partial charge on any atom is 0.199 e. The Morgan fingerprint density at radius 3 is 2.81 bits per heavy atom. The van der Waals surface area contributed by atoms with Crippen LogP contribution in [-0.4, -0.2) is 47.9 Å². The number of guanidine groups is 1. The summed E-state index contributed by atoms with van der Waals surface area (Å²) in [6.07, 6.45) is 2.13. The van der Waals surface area contributed by atoms with Gasteiger partial charge in [-0.25, -0.2) is 0 Å². The van der Waals surface area contributed by atoms with Gasteiger partial charge in [-0.1, -0.05) is 18.2 Å². The molecule has 2 aliphatic heterocycles. The first-order valence-corrected chi connectivity index (χ1v) is 10.5. The summed E-state index contributed by atoms with van der Waals surface area (Å²) in [7, 11) is 3.35. The van der Waals surface area contributed by atoms with Crippen LogP contribution >= 0.6 is 0 Å². The standard InChI is InChI=1S/C23H27N7O2/c1-31-17-7-8-20(32-2)15(10-17)12-29-13-16(9-14-5-3-4-6-19(14)29)30-21(24)18-11-26-28-22(18)27-23(30)25/h3-8,10-11,16,21H,9,12-13,24H2,1-2H3,(H3,25,26,27,28). The number of anilines is 1. The lowest BCUT2D eigenvalue weighted by molar-refractivity contribution is 0.228.